The van der Waals surface area contributed by atoms with E-state index in [1.807, 2.05) is 85.1 Å². The topological polar surface area (TPSA) is 82.9 Å². The number of imidazole rings is 1. The van der Waals surface area contributed by atoms with Gasteiger partial charge in [0.1, 0.15) is 17.3 Å². The highest BCUT2D eigenvalue weighted by molar-refractivity contribution is 6.31. The van der Waals surface area contributed by atoms with Gasteiger partial charge < -0.3 is 20.1 Å². The second kappa shape index (κ2) is 12.8. The summed E-state index contributed by atoms with van der Waals surface area (Å²) in [6, 6.07) is 23.4. The van der Waals surface area contributed by atoms with E-state index in [1.54, 1.807) is 7.11 Å². The predicted molar refractivity (Wildman–Crippen MR) is 163 cm³/mol. The molecule has 0 radical (unpaired) electrons. The number of ether oxygens (including phenoxy) is 1. The Morgan fingerprint density at radius 3 is 2.39 bits per heavy atom. The summed E-state index contributed by atoms with van der Waals surface area (Å²) >= 11 is 6.31. The molecule has 4 aromatic rings. The van der Waals surface area contributed by atoms with Crippen molar-refractivity contribution < 1.29 is 14.6 Å². The maximum atomic E-state index is 13.3. The first-order chi connectivity index (χ1) is 19.9. The maximum absolute atomic E-state index is 13.3. The molecule has 1 unspecified atom stereocenters. The monoisotopic (exact) mass is 573 g/mol. The average Bonchev–Trinajstić information content (AvgIpc) is 3.35. The van der Waals surface area contributed by atoms with Crippen LogP contribution in [0.3, 0.4) is 0 Å². The summed E-state index contributed by atoms with van der Waals surface area (Å²) in [5.74, 6) is 0.998. The van der Waals surface area contributed by atoms with Gasteiger partial charge in [-0.3, -0.25) is 14.3 Å². The lowest BCUT2D eigenvalue weighted by Gasteiger charge is -2.37. The fraction of sp³-hybridized carbons (Fsp3) is 0.312. The normalized spacial score (nSPS) is 14.6. The number of para-hydroxylation sites is 2. The molecule has 1 saturated heterocycles. The van der Waals surface area contributed by atoms with Gasteiger partial charge in [-0.05, 0) is 43.7 Å². The van der Waals surface area contributed by atoms with Crippen molar-refractivity contribution in [2.75, 3.05) is 51.3 Å². The molecule has 1 fully saturated rings. The van der Waals surface area contributed by atoms with Gasteiger partial charge in [0.2, 0.25) is 0 Å². The van der Waals surface area contributed by atoms with Crippen molar-refractivity contribution >= 4 is 23.2 Å². The number of anilines is 1. The quantitative estimate of drug-likeness (QED) is 0.301. The molecule has 3 aromatic carbocycles. The highest BCUT2D eigenvalue weighted by Crippen LogP contribution is 2.31. The van der Waals surface area contributed by atoms with E-state index in [1.165, 1.54) is 0 Å². The third kappa shape index (κ3) is 6.25. The first-order valence-corrected chi connectivity index (χ1v) is 14.2. The SMILES string of the molecule is COc1ccccc1-n1c(-c2ccccc2)nc(C(=O)NCC(O)CN2CCN(c3cccc(Cl)c3C)CC2)c1C. The van der Waals surface area contributed by atoms with Crippen LogP contribution in [0.15, 0.2) is 72.8 Å². The molecule has 0 bridgehead atoms. The van der Waals surface area contributed by atoms with Crippen LogP contribution in [0.2, 0.25) is 5.02 Å². The van der Waals surface area contributed by atoms with Crippen molar-refractivity contribution in [1.82, 2.24) is 19.8 Å². The number of rotatable bonds is 9. The summed E-state index contributed by atoms with van der Waals surface area (Å²) in [5, 5.41) is 14.5. The number of methoxy groups -OCH3 is 1. The zero-order valence-corrected chi connectivity index (χ0v) is 24.4. The Kier molecular flexibility index (Phi) is 8.93. The first-order valence-electron chi connectivity index (χ1n) is 13.8. The molecule has 5 rings (SSSR count). The second-order valence-electron chi connectivity index (χ2n) is 10.3. The maximum Gasteiger partial charge on any atom is 0.271 e. The number of aromatic nitrogens is 2. The van der Waals surface area contributed by atoms with Crippen molar-refractivity contribution in [3.8, 4) is 22.8 Å². The Morgan fingerprint density at radius 1 is 0.976 bits per heavy atom. The van der Waals surface area contributed by atoms with Crippen LogP contribution in [0.1, 0.15) is 21.7 Å². The largest absolute Gasteiger partial charge is 0.495 e. The molecule has 0 saturated carbocycles. The number of β-amino-alcohol motifs (C(OH)–C–C–N with tert-alkyl or cyclic N) is 1. The molecule has 1 amide bonds. The fourth-order valence-corrected chi connectivity index (χ4v) is 5.54. The standard InChI is InChI=1S/C32H36ClN5O3/c1-22-26(33)12-9-14-27(22)37-18-16-36(17-19-37)21-25(39)20-34-32(40)30-23(2)38(28-13-7-8-15-29(28)41-3)31(35-30)24-10-5-4-6-11-24/h4-15,25,39H,16-21H2,1-3H3,(H,34,40). The van der Waals surface area contributed by atoms with Crippen LogP contribution in [0.4, 0.5) is 5.69 Å². The lowest BCUT2D eigenvalue weighted by molar-refractivity contribution is 0.0847. The minimum Gasteiger partial charge on any atom is -0.495 e. The molecule has 2 N–H and O–H groups in total. The fourth-order valence-electron chi connectivity index (χ4n) is 5.37. The first kappa shape index (κ1) is 28.7. The van der Waals surface area contributed by atoms with E-state index < -0.39 is 6.10 Å². The van der Waals surface area contributed by atoms with E-state index >= 15 is 0 Å². The number of aliphatic hydroxyl groups is 1. The zero-order valence-electron chi connectivity index (χ0n) is 23.7. The van der Waals surface area contributed by atoms with E-state index in [4.69, 9.17) is 21.3 Å². The Morgan fingerprint density at radius 2 is 1.66 bits per heavy atom. The number of carbonyl (C=O) groups is 1. The van der Waals surface area contributed by atoms with Gasteiger partial charge >= 0.3 is 0 Å². The van der Waals surface area contributed by atoms with Crippen LogP contribution in [0, 0.1) is 13.8 Å². The third-order valence-electron chi connectivity index (χ3n) is 7.60. The van der Waals surface area contributed by atoms with Crippen molar-refractivity contribution in [3.05, 3.63) is 94.8 Å². The number of nitrogens with zero attached hydrogens (tertiary/aromatic N) is 4. The highest BCUT2D eigenvalue weighted by Gasteiger charge is 2.25. The summed E-state index contributed by atoms with van der Waals surface area (Å²) in [6.45, 7) is 7.86. The van der Waals surface area contributed by atoms with Gasteiger partial charge in [0, 0.05) is 55.5 Å². The second-order valence-corrected chi connectivity index (χ2v) is 10.7. The average molecular weight is 574 g/mol. The van der Waals surface area contributed by atoms with Crippen molar-refractivity contribution in [2.45, 2.75) is 20.0 Å². The zero-order chi connectivity index (χ0) is 28.9. The van der Waals surface area contributed by atoms with Crippen LogP contribution in [-0.4, -0.2) is 77.9 Å². The van der Waals surface area contributed by atoms with Gasteiger partial charge in [-0.15, -0.1) is 0 Å². The van der Waals surface area contributed by atoms with E-state index in [9.17, 15) is 9.90 Å². The van der Waals surface area contributed by atoms with E-state index in [0.29, 0.717) is 29.5 Å². The summed E-state index contributed by atoms with van der Waals surface area (Å²) in [7, 11) is 1.63. The molecule has 1 aliphatic rings. The minimum absolute atomic E-state index is 0.133. The molecule has 1 aliphatic heterocycles. The van der Waals surface area contributed by atoms with Gasteiger partial charge in [0.05, 0.1) is 24.6 Å². The molecule has 0 aliphatic carbocycles. The molecular weight excluding hydrogens is 538 g/mol. The Labute approximate surface area is 246 Å². The molecule has 1 atom stereocenters. The summed E-state index contributed by atoms with van der Waals surface area (Å²) in [5.41, 5.74) is 4.92. The minimum atomic E-state index is -0.705. The lowest BCUT2D eigenvalue weighted by Crippen LogP contribution is -2.50. The molecule has 1 aromatic heterocycles. The molecule has 8 nitrogen and oxygen atoms in total. The number of hydrogen-bond donors (Lipinski definition) is 2. The van der Waals surface area contributed by atoms with Gasteiger partial charge in [0.15, 0.2) is 0 Å². The molecular formula is C32H36ClN5O3. The van der Waals surface area contributed by atoms with Crippen LogP contribution < -0.4 is 15.0 Å². The Hall–Kier alpha value is -3.85. The van der Waals surface area contributed by atoms with Gasteiger partial charge in [0.25, 0.3) is 5.91 Å². The van der Waals surface area contributed by atoms with Crippen molar-refractivity contribution in [2.24, 2.45) is 0 Å². The molecule has 2 heterocycles. The molecule has 9 heteroatoms. The van der Waals surface area contributed by atoms with E-state index in [2.05, 4.69) is 21.2 Å². The number of carbonyl (C=O) groups excluding carboxylic acids is 1. The molecule has 0 spiro atoms. The van der Waals surface area contributed by atoms with Gasteiger partial charge in [-0.25, -0.2) is 4.98 Å². The van der Waals surface area contributed by atoms with Crippen LogP contribution >= 0.6 is 11.6 Å². The molecule has 214 valence electrons. The van der Waals surface area contributed by atoms with Crippen LogP contribution in [0.25, 0.3) is 17.1 Å². The van der Waals surface area contributed by atoms with Crippen LogP contribution in [-0.2, 0) is 0 Å². The van der Waals surface area contributed by atoms with Crippen molar-refractivity contribution in [3.63, 3.8) is 0 Å². The number of halogens is 1. The smallest absolute Gasteiger partial charge is 0.271 e. The number of amides is 1. The summed E-state index contributed by atoms with van der Waals surface area (Å²) in [4.78, 5) is 22.7. The number of piperazine rings is 1. The summed E-state index contributed by atoms with van der Waals surface area (Å²) < 4.78 is 7.56. The van der Waals surface area contributed by atoms with Gasteiger partial charge in [-0.2, -0.15) is 0 Å². The third-order valence-corrected chi connectivity index (χ3v) is 8.01. The van der Waals surface area contributed by atoms with Crippen LogP contribution in [0.5, 0.6) is 5.75 Å². The Bertz CT molecular complexity index is 1500. The lowest BCUT2D eigenvalue weighted by atomic mass is 10.1. The van der Waals surface area contributed by atoms with Crippen molar-refractivity contribution in [1.29, 1.82) is 0 Å². The predicted octanol–water partition coefficient (Wildman–Crippen LogP) is 4.73. The number of nitrogens with one attached hydrogen (secondary N) is 1. The number of benzene rings is 3. The Balaban J connectivity index is 1.25. The van der Waals surface area contributed by atoms with E-state index in [-0.39, 0.29) is 12.5 Å². The summed E-state index contributed by atoms with van der Waals surface area (Å²) in [6.07, 6.45) is -0.705. The molecule has 41 heavy (non-hydrogen) atoms. The number of hydrogen-bond acceptors (Lipinski definition) is 6. The van der Waals surface area contributed by atoms with Gasteiger partial charge in [-0.1, -0.05) is 60.1 Å². The highest BCUT2D eigenvalue weighted by atomic mass is 35.5. The number of aliphatic hydroxyl groups excluding tert-OH is 1. The van der Waals surface area contributed by atoms with E-state index in [0.717, 1.165) is 53.7 Å².